The third-order valence-corrected chi connectivity index (χ3v) is 10.1. The van der Waals surface area contributed by atoms with E-state index < -0.39 is 68.3 Å². The van der Waals surface area contributed by atoms with Gasteiger partial charge in [0, 0.05) is 0 Å². The van der Waals surface area contributed by atoms with Crippen LogP contribution in [0, 0.1) is 0 Å². The van der Waals surface area contributed by atoms with Crippen molar-refractivity contribution in [2.45, 2.75) is 39.2 Å². The Morgan fingerprint density at radius 3 is 1.77 bits per heavy atom. The number of alkyl halides is 9. The summed E-state index contributed by atoms with van der Waals surface area (Å²) in [4.78, 5) is 0. The molecule has 1 unspecified atom stereocenters. The van der Waals surface area contributed by atoms with Gasteiger partial charge in [0.1, 0.15) is 0 Å². The summed E-state index contributed by atoms with van der Waals surface area (Å²) >= 11 is -4.89. The van der Waals surface area contributed by atoms with Crippen LogP contribution in [0.3, 0.4) is 0 Å². The van der Waals surface area contributed by atoms with Crippen molar-refractivity contribution in [1.29, 1.82) is 0 Å². The molecule has 1 atom stereocenters. The van der Waals surface area contributed by atoms with E-state index in [1.807, 2.05) is 0 Å². The number of hydrogen-bond donors (Lipinski definition) is 0. The molecule has 22 heavy (non-hydrogen) atoms. The van der Waals surface area contributed by atoms with Gasteiger partial charge in [-0.15, -0.1) is 0 Å². The van der Waals surface area contributed by atoms with E-state index in [2.05, 4.69) is 2.51 Å². The van der Waals surface area contributed by atoms with E-state index in [1.165, 1.54) is 0 Å². The number of hydrogen-bond acceptors (Lipinski definition) is 3. The van der Waals surface area contributed by atoms with Crippen LogP contribution < -0.4 is 0 Å². The molecule has 1 aliphatic carbocycles. The monoisotopic (exact) mass is 476 g/mol. The molecule has 0 saturated heterocycles. The van der Waals surface area contributed by atoms with Crippen molar-refractivity contribution >= 4 is 30.7 Å². The summed E-state index contributed by atoms with van der Waals surface area (Å²) in [7, 11) is -5.94. The van der Waals surface area contributed by atoms with Crippen molar-refractivity contribution in [1.82, 2.24) is 0 Å². The molecule has 0 bridgehead atoms. The van der Waals surface area contributed by atoms with Crippen LogP contribution in [0.25, 0.3) is 0 Å². The second-order valence-corrected chi connectivity index (χ2v) is 12.1. The van der Waals surface area contributed by atoms with Crippen molar-refractivity contribution in [2.24, 2.45) is 0 Å². The van der Waals surface area contributed by atoms with Crippen LogP contribution in [0.1, 0.15) is 13.8 Å². The van der Waals surface area contributed by atoms with E-state index >= 15 is 0 Å². The molecule has 1 aliphatic rings. The van der Waals surface area contributed by atoms with E-state index in [1.54, 1.807) is 0 Å². The molecular formula is C9H9F8IO3S. The Hall–Kier alpha value is -0.180. The third-order valence-electron chi connectivity index (χ3n) is 2.54. The summed E-state index contributed by atoms with van der Waals surface area (Å²) in [6, 6.07) is 0. The van der Waals surface area contributed by atoms with Gasteiger partial charge in [-0.1, -0.05) is 0 Å². The summed E-state index contributed by atoms with van der Waals surface area (Å²) < 4.78 is 125. The van der Waals surface area contributed by atoms with Crippen LogP contribution in [0.15, 0.2) is 12.2 Å². The quantitative estimate of drug-likeness (QED) is 0.201. The van der Waals surface area contributed by atoms with Crippen LogP contribution in [-0.2, 0) is 13.0 Å². The summed E-state index contributed by atoms with van der Waals surface area (Å²) in [5.74, 6) is -17.5. The first-order valence-corrected chi connectivity index (χ1v) is 9.87. The van der Waals surface area contributed by atoms with Gasteiger partial charge in [-0.25, -0.2) is 0 Å². The van der Waals surface area contributed by atoms with Crippen molar-refractivity contribution < 1.29 is 45.5 Å². The molecule has 0 aromatic carbocycles. The maximum atomic E-state index is 14.5. The first kappa shape index (κ1) is 19.9. The zero-order valence-corrected chi connectivity index (χ0v) is 13.7. The zero-order valence-electron chi connectivity index (χ0n) is 10.8. The molecule has 0 aliphatic heterocycles. The summed E-state index contributed by atoms with van der Waals surface area (Å²) in [5.41, 5.74) is 0. The minimum absolute atomic E-state index is 0.555. The molecule has 0 aromatic heterocycles. The average Bonchev–Trinajstić information content (AvgIpc) is 2.29. The third kappa shape index (κ3) is 2.95. The van der Waals surface area contributed by atoms with Gasteiger partial charge >= 0.3 is 128 Å². The van der Waals surface area contributed by atoms with E-state index in [4.69, 9.17) is 0 Å². The van der Waals surface area contributed by atoms with E-state index in [-0.39, 0.29) is 0 Å². The molecule has 0 aromatic rings. The Balaban J connectivity index is 3.54. The maximum absolute atomic E-state index is 14.5. The van der Waals surface area contributed by atoms with Crippen LogP contribution in [0.5, 0.6) is 0 Å². The first-order chi connectivity index (χ1) is 9.50. The van der Waals surface area contributed by atoms with Crippen LogP contribution >= 0.6 is 20.2 Å². The van der Waals surface area contributed by atoms with Gasteiger partial charge in [-0.3, -0.25) is 0 Å². The molecule has 3 nitrogen and oxygen atoms in total. The van der Waals surface area contributed by atoms with Crippen molar-refractivity contribution in [3.8, 4) is 0 Å². The Bertz CT molecular complexity index is 575. The molecule has 1 rings (SSSR count). The van der Waals surface area contributed by atoms with Crippen molar-refractivity contribution in [3.63, 3.8) is 0 Å². The average molecular weight is 476 g/mol. The zero-order chi connectivity index (χ0) is 17.8. The van der Waals surface area contributed by atoms with Gasteiger partial charge in [0.25, 0.3) is 0 Å². The van der Waals surface area contributed by atoms with Crippen molar-refractivity contribution in [2.75, 3.05) is 0 Å². The van der Waals surface area contributed by atoms with E-state index in [9.17, 15) is 43.0 Å². The van der Waals surface area contributed by atoms with Gasteiger partial charge in [0.2, 0.25) is 0 Å². The molecule has 0 amide bonds. The summed E-state index contributed by atoms with van der Waals surface area (Å²) in [6.07, 6.45) is -1.34. The molecule has 132 valence electrons. The molecule has 0 spiro atoms. The van der Waals surface area contributed by atoms with Gasteiger partial charge < -0.3 is 0 Å². The second-order valence-electron chi connectivity index (χ2n) is 4.47. The molecule has 13 heteroatoms. The molecule has 0 saturated carbocycles. The summed E-state index contributed by atoms with van der Waals surface area (Å²) in [5, 5.41) is 0. The number of halogens is 9. The van der Waals surface area contributed by atoms with E-state index in [0.717, 1.165) is 13.8 Å². The normalized spacial score (nSPS) is 30.4. The standard InChI is InChI=1S/C9H9F8IO3S/c1-5(2)18(21-22(17,19)20)7(12)4-3-6(10,11)8(13,14)9(7,15)16/h3-5H,1-2H3. The van der Waals surface area contributed by atoms with Gasteiger partial charge in [0.15, 0.2) is 0 Å². The fraction of sp³-hybridized carbons (Fsp3) is 0.778. The Labute approximate surface area is 128 Å². The molecule has 0 N–H and O–H groups in total. The van der Waals surface area contributed by atoms with Crippen LogP contribution in [0.4, 0.5) is 34.6 Å². The Kier molecular flexibility index (Phi) is 4.90. The number of rotatable bonds is 4. The molecule has 0 radical (unpaired) electrons. The minimum atomic E-state index is -6.14. The topological polar surface area (TPSA) is 43.4 Å². The van der Waals surface area contributed by atoms with Gasteiger partial charge in [-0.05, 0) is 0 Å². The Morgan fingerprint density at radius 1 is 0.955 bits per heavy atom. The predicted octanol–water partition coefficient (Wildman–Crippen LogP) is 4.19. The van der Waals surface area contributed by atoms with Gasteiger partial charge in [-0.2, -0.15) is 0 Å². The van der Waals surface area contributed by atoms with Crippen molar-refractivity contribution in [3.05, 3.63) is 12.2 Å². The SMILES string of the molecule is CC(C)I(OS(=O)(=O)F)C1(F)C=CC(F)(F)C(F)(F)C1(F)F. The van der Waals surface area contributed by atoms with Crippen LogP contribution in [0.2, 0.25) is 0 Å². The fourth-order valence-corrected chi connectivity index (χ4v) is 8.70. The Morgan fingerprint density at radius 2 is 1.41 bits per heavy atom. The van der Waals surface area contributed by atoms with Crippen LogP contribution in [-0.4, -0.2) is 33.8 Å². The fourth-order valence-electron chi connectivity index (χ4n) is 1.53. The predicted molar refractivity (Wildman–Crippen MR) is 68.1 cm³/mol. The van der Waals surface area contributed by atoms with E-state index in [0.29, 0.717) is 0 Å². The first-order valence-electron chi connectivity index (χ1n) is 5.35. The van der Waals surface area contributed by atoms with Gasteiger partial charge in [0.05, 0.1) is 0 Å². The summed E-state index contributed by atoms with van der Waals surface area (Å²) in [6.45, 7) is 1.85. The molecular weight excluding hydrogens is 467 g/mol. The second kappa shape index (κ2) is 5.43. The molecule has 0 heterocycles. The number of allylic oxidation sites excluding steroid dienone is 2. The molecule has 0 fully saturated rings.